The molecule has 0 radical (unpaired) electrons. The van der Waals surface area contributed by atoms with Crippen molar-refractivity contribution in [3.63, 3.8) is 0 Å². The Morgan fingerprint density at radius 1 is 1.00 bits per heavy atom. The number of benzene rings is 2. The Morgan fingerprint density at radius 3 is 2.52 bits per heavy atom. The van der Waals surface area contributed by atoms with Gasteiger partial charge in [0.2, 0.25) is 0 Å². The summed E-state index contributed by atoms with van der Waals surface area (Å²) >= 11 is 0. The van der Waals surface area contributed by atoms with E-state index in [1.165, 1.54) is 16.8 Å². The summed E-state index contributed by atoms with van der Waals surface area (Å²) in [6.07, 6.45) is 0. The molecule has 0 aliphatic heterocycles. The fraction of sp³-hybridized carbons (Fsp3) is 0.100. The van der Waals surface area contributed by atoms with E-state index in [2.05, 4.69) is 15.4 Å². The second-order valence-corrected chi connectivity index (χ2v) is 6.06. The number of nitrogens with zero attached hydrogens (tertiary/aromatic N) is 4. The highest BCUT2D eigenvalue weighted by molar-refractivity contribution is 5.92. The summed E-state index contributed by atoms with van der Waals surface area (Å²) in [5.74, 6) is 0.368. The lowest BCUT2D eigenvalue weighted by Gasteiger charge is -2.08. The third kappa shape index (κ3) is 3.22. The number of fused-ring (bicyclic) bond motifs is 1. The van der Waals surface area contributed by atoms with Gasteiger partial charge in [0.05, 0.1) is 23.3 Å². The Labute approximate surface area is 154 Å². The topological polar surface area (TPSA) is 81.8 Å². The maximum atomic E-state index is 12.5. The normalized spacial score (nSPS) is 10.9. The molecule has 0 aliphatic carbocycles. The average Bonchev–Trinajstić information content (AvgIpc) is 3.03. The SMILES string of the molecule is Cn1c(CNC(=O)c2ccc(=O)n(-c3ccccc3)n2)nc2ccccc21. The first-order valence-electron chi connectivity index (χ1n) is 8.48. The van der Waals surface area contributed by atoms with Crippen LogP contribution in [0.25, 0.3) is 16.7 Å². The van der Waals surface area contributed by atoms with Crippen molar-refractivity contribution in [2.75, 3.05) is 0 Å². The Balaban J connectivity index is 1.56. The second kappa shape index (κ2) is 6.87. The number of aromatic nitrogens is 4. The molecule has 4 aromatic rings. The minimum Gasteiger partial charge on any atom is -0.343 e. The van der Waals surface area contributed by atoms with Crippen LogP contribution in [0.3, 0.4) is 0 Å². The van der Waals surface area contributed by atoms with Crippen LogP contribution in [0.5, 0.6) is 0 Å². The van der Waals surface area contributed by atoms with E-state index >= 15 is 0 Å². The molecule has 134 valence electrons. The fourth-order valence-corrected chi connectivity index (χ4v) is 2.89. The van der Waals surface area contributed by atoms with Gasteiger partial charge < -0.3 is 9.88 Å². The van der Waals surface area contributed by atoms with Crippen LogP contribution in [0, 0.1) is 0 Å². The molecule has 0 saturated carbocycles. The highest BCUT2D eigenvalue weighted by Gasteiger charge is 2.13. The highest BCUT2D eigenvalue weighted by atomic mass is 16.2. The van der Waals surface area contributed by atoms with Gasteiger partial charge in [0.1, 0.15) is 11.5 Å². The lowest BCUT2D eigenvalue weighted by molar-refractivity contribution is 0.0943. The van der Waals surface area contributed by atoms with Gasteiger partial charge in [0.15, 0.2) is 0 Å². The molecule has 2 aromatic carbocycles. The molecule has 0 fully saturated rings. The van der Waals surface area contributed by atoms with Crippen molar-refractivity contribution in [3.05, 3.63) is 88.6 Å². The first-order chi connectivity index (χ1) is 13.1. The van der Waals surface area contributed by atoms with E-state index in [0.29, 0.717) is 5.69 Å². The van der Waals surface area contributed by atoms with Gasteiger partial charge in [-0.25, -0.2) is 4.98 Å². The number of nitrogens with one attached hydrogen (secondary N) is 1. The first-order valence-corrected chi connectivity index (χ1v) is 8.48. The molecule has 0 unspecified atom stereocenters. The monoisotopic (exact) mass is 359 g/mol. The van der Waals surface area contributed by atoms with Crippen molar-refractivity contribution in [1.29, 1.82) is 0 Å². The lowest BCUT2D eigenvalue weighted by Crippen LogP contribution is -2.29. The van der Waals surface area contributed by atoms with Gasteiger partial charge in [-0.05, 0) is 30.3 Å². The van der Waals surface area contributed by atoms with Crippen molar-refractivity contribution in [2.24, 2.45) is 7.05 Å². The Bertz CT molecular complexity index is 1180. The predicted octanol–water partition coefficient (Wildman–Crippen LogP) is 2.05. The molecular weight excluding hydrogens is 342 g/mol. The van der Waals surface area contributed by atoms with Crippen LogP contribution in [-0.2, 0) is 13.6 Å². The number of rotatable bonds is 4. The molecule has 1 N–H and O–H groups in total. The largest absolute Gasteiger partial charge is 0.343 e. The molecule has 0 atom stereocenters. The molecule has 7 nitrogen and oxygen atoms in total. The number of imidazole rings is 1. The standard InChI is InChI=1S/C20H17N5O2/c1-24-17-10-6-5-9-15(17)22-18(24)13-21-20(27)16-11-12-19(26)25(23-16)14-7-3-2-4-8-14/h2-12H,13H2,1H3,(H,21,27). The van der Waals surface area contributed by atoms with E-state index in [-0.39, 0.29) is 23.7 Å². The van der Waals surface area contributed by atoms with E-state index < -0.39 is 0 Å². The molecular formula is C20H17N5O2. The smallest absolute Gasteiger partial charge is 0.272 e. The number of aryl methyl sites for hydroxylation is 1. The summed E-state index contributed by atoms with van der Waals surface area (Å²) in [5, 5.41) is 7.00. The molecule has 0 saturated heterocycles. The molecule has 2 heterocycles. The summed E-state index contributed by atoms with van der Waals surface area (Å²) in [7, 11) is 1.91. The van der Waals surface area contributed by atoms with Crippen molar-refractivity contribution in [1.82, 2.24) is 24.6 Å². The van der Waals surface area contributed by atoms with Gasteiger partial charge in [0, 0.05) is 13.1 Å². The van der Waals surface area contributed by atoms with Crippen LogP contribution < -0.4 is 10.9 Å². The minimum absolute atomic E-state index is 0.164. The molecule has 0 spiro atoms. The Morgan fingerprint density at radius 2 is 1.74 bits per heavy atom. The van der Waals surface area contributed by atoms with Crippen molar-refractivity contribution in [2.45, 2.75) is 6.54 Å². The highest BCUT2D eigenvalue weighted by Crippen LogP contribution is 2.14. The molecule has 2 aromatic heterocycles. The number of para-hydroxylation sites is 3. The second-order valence-electron chi connectivity index (χ2n) is 6.06. The van der Waals surface area contributed by atoms with Crippen LogP contribution in [0.4, 0.5) is 0 Å². The van der Waals surface area contributed by atoms with E-state index in [4.69, 9.17) is 0 Å². The fourth-order valence-electron chi connectivity index (χ4n) is 2.89. The van der Waals surface area contributed by atoms with Gasteiger partial charge in [0.25, 0.3) is 11.5 Å². The molecule has 4 rings (SSSR count). The molecule has 7 heteroatoms. The Hall–Kier alpha value is -3.74. The Kier molecular flexibility index (Phi) is 4.25. The summed E-state index contributed by atoms with van der Waals surface area (Å²) in [6.45, 7) is 0.260. The zero-order valence-electron chi connectivity index (χ0n) is 14.7. The summed E-state index contributed by atoms with van der Waals surface area (Å²) in [6, 6.07) is 19.5. The van der Waals surface area contributed by atoms with Gasteiger partial charge in [-0.3, -0.25) is 9.59 Å². The molecule has 0 aliphatic rings. The van der Waals surface area contributed by atoms with E-state index in [1.807, 2.05) is 54.1 Å². The molecule has 27 heavy (non-hydrogen) atoms. The van der Waals surface area contributed by atoms with E-state index in [1.54, 1.807) is 12.1 Å². The predicted molar refractivity (Wildman–Crippen MR) is 102 cm³/mol. The van der Waals surface area contributed by atoms with Gasteiger partial charge in [-0.15, -0.1) is 0 Å². The van der Waals surface area contributed by atoms with Crippen molar-refractivity contribution < 1.29 is 4.79 Å². The number of hydrogen-bond acceptors (Lipinski definition) is 4. The number of hydrogen-bond donors (Lipinski definition) is 1. The van der Waals surface area contributed by atoms with Crippen LogP contribution in [0.2, 0.25) is 0 Å². The summed E-state index contributed by atoms with van der Waals surface area (Å²) in [4.78, 5) is 29.1. The third-order valence-corrected chi connectivity index (χ3v) is 4.32. The minimum atomic E-state index is -0.369. The van der Waals surface area contributed by atoms with Gasteiger partial charge >= 0.3 is 0 Å². The summed E-state index contributed by atoms with van der Waals surface area (Å²) in [5.41, 5.74) is 2.34. The first kappa shape index (κ1) is 16.7. The van der Waals surface area contributed by atoms with E-state index in [0.717, 1.165) is 16.9 Å². The van der Waals surface area contributed by atoms with E-state index in [9.17, 15) is 9.59 Å². The maximum absolute atomic E-state index is 12.5. The van der Waals surface area contributed by atoms with Crippen molar-refractivity contribution in [3.8, 4) is 5.69 Å². The number of carbonyl (C=O) groups is 1. The van der Waals surface area contributed by atoms with Crippen LogP contribution in [0.15, 0.2) is 71.5 Å². The number of amides is 1. The average molecular weight is 359 g/mol. The third-order valence-electron chi connectivity index (χ3n) is 4.32. The van der Waals surface area contributed by atoms with Crippen LogP contribution >= 0.6 is 0 Å². The lowest BCUT2D eigenvalue weighted by atomic mass is 10.3. The number of carbonyl (C=O) groups excluding carboxylic acids is 1. The van der Waals surface area contributed by atoms with Crippen LogP contribution in [-0.4, -0.2) is 25.2 Å². The van der Waals surface area contributed by atoms with Crippen molar-refractivity contribution >= 4 is 16.9 Å². The van der Waals surface area contributed by atoms with Crippen LogP contribution in [0.1, 0.15) is 16.3 Å². The summed E-state index contributed by atoms with van der Waals surface area (Å²) < 4.78 is 3.15. The zero-order valence-corrected chi connectivity index (χ0v) is 14.7. The zero-order chi connectivity index (χ0) is 18.8. The van der Waals surface area contributed by atoms with Gasteiger partial charge in [-0.2, -0.15) is 9.78 Å². The van der Waals surface area contributed by atoms with Gasteiger partial charge in [-0.1, -0.05) is 30.3 Å². The quantitative estimate of drug-likeness (QED) is 0.605. The maximum Gasteiger partial charge on any atom is 0.272 e. The molecule has 0 bridgehead atoms. The molecule has 1 amide bonds.